The van der Waals surface area contributed by atoms with Crippen LogP contribution in [0.1, 0.15) is 39.2 Å². The summed E-state index contributed by atoms with van der Waals surface area (Å²) in [5.41, 5.74) is 1.84. The van der Waals surface area contributed by atoms with E-state index in [0.717, 1.165) is 40.6 Å². The summed E-state index contributed by atoms with van der Waals surface area (Å²) in [5, 5.41) is 20.0. The second kappa shape index (κ2) is 8.06. The number of oxime groups is 1. The SMILES string of the molecule is CC(C)(C)NCC(O)CO/N=C1\CCCOc2ccc3ccccc3c21. The summed E-state index contributed by atoms with van der Waals surface area (Å²) in [6.45, 7) is 7.49. The molecule has 0 aliphatic carbocycles. The summed E-state index contributed by atoms with van der Waals surface area (Å²) >= 11 is 0. The summed E-state index contributed by atoms with van der Waals surface area (Å²) in [6.07, 6.45) is 1.07. The minimum Gasteiger partial charge on any atom is -0.493 e. The predicted octanol–water partition coefficient (Wildman–Crippen LogP) is 3.48. The number of rotatable bonds is 5. The lowest BCUT2D eigenvalue weighted by atomic mass is 9.98. The number of aliphatic hydroxyl groups is 1. The lowest BCUT2D eigenvalue weighted by molar-refractivity contribution is 0.0371. The highest BCUT2D eigenvalue weighted by Gasteiger charge is 2.19. The Bertz CT molecular complexity index is 780. The second-order valence-corrected chi connectivity index (χ2v) is 7.73. The summed E-state index contributed by atoms with van der Waals surface area (Å²) in [7, 11) is 0. The topological polar surface area (TPSA) is 63.1 Å². The lowest BCUT2D eigenvalue weighted by Gasteiger charge is -2.22. The largest absolute Gasteiger partial charge is 0.493 e. The molecule has 5 nitrogen and oxygen atoms in total. The van der Waals surface area contributed by atoms with Crippen LogP contribution in [0.2, 0.25) is 0 Å². The number of nitrogens with zero attached hydrogens (tertiary/aromatic N) is 1. The molecule has 5 heteroatoms. The number of hydrogen-bond donors (Lipinski definition) is 2. The van der Waals surface area contributed by atoms with E-state index in [1.54, 1.807) is 0 Å². The molecule has 2 N–H and O–H groups in total. The lowest BCUT2D eigenvalue weighted by Crippen LogP contribution is -2.42. The van der Waals surface area contributed by atoms with Gasteiger partial charge in [0.2, 0.25) is 0 Å². The average Bonchev–Trinajstić information content (AvgIpc) is 2.82. The van der Waals surface area contributed by atoms with Crippen LogP contribution in [-0.4, -0.2) is 42.2 Å². The number of benzene rings is 2. The molecule has 0 fully saturated rings. The van der Waals surface area contributed by atoms with E-state index < -0.39 is 6.10 Å². The fourth-order valence-electron chi connectivity index (χ4n) is 2.99. The molecule has 0 radical (unpaired) electrons. The maximum Gasteiger partial charge on any atom is 0.144 e. The molecule has 0 saturated heterocycles. The van der Waals surface area contributed by atoms with Gasteiger partial charge in [0, 0.05) is 17.6 Å². The molecule has 0 amide bonds. The van der Waals surface area contributed by atoms with Crippen LogP contribution in [0.3, 0.4) is 0 Å². The van der Waals surface area contributed by atoms with Crippen LogP contribution >= 0.6 is 0 Å². The van der Waals surface area contributed by atoms with Crippen molar-refractivity contribution in [3.63, 3.8) is 0 Å². The van der Waals surface area contributed by atoms with Gasteiger partial charge in [0.25, 0.3) is 0 Å². The monoisotopic (exact) mass is 356 g/mol. The van der Waals surface area contributed by atoms with Crippen LogP contribution in [0.4, 0.5) is 0 Å². The van der Waals surface area contributed by atoms with Crippen LogP contribution in [0, 0.1) is 0 Å². The Kier molecular flexibility index (Phi) is 5.79. The molecule has 26 heavy (non-hydrogen) atoms. The Hall–Kier alpha value is -2.11. The minimum atomic E-state index is -0.604. The van der Waals surface area contributed by atoms with Gasteiger partial charge in [0.1, 0.15) is 18.5 Å². The second-order valence-electron chi connectivity index (χ2n) is 7.73. The van der Waals surface area contributed by atoms with Gasteiger partial charge in [-0.2, -0.15) is 0 Å². The summed E-state index contributed by atoms with van der Waals surface area (Å²) in [6, 6.07) is 12.3. The van der Waals surface area contributed by atoms with Crippen molar-refractivity contribution in [1.82, 2.24) is 5.32 Å². The van der Waals surface area contributed by atoms with Gasteiger partial charge in [-0.05, 0) is 50.5 Å². The van der Waals surface area contributed by atoms with Crippen molar-refractivity contribution in [2.75, 3.05) is 19.8 Å². The van der Waals surface area contributed by atoms with E-state index in [0.29, 0.717) is 13.2 Å². The van der Waals surface area contributed by atoms with Gasteiger partial charge in [0.05, 0.1) is 12.3 Å². The van der Waals surface area contributed by atoms with Gasteiger partial charge in [-0.25, -0.2) is 0 Å². The maximum atomic E-state index is 10.1. The first-order valence-corrected chi connectivity index (χ1v) is 9.21. The molecule has 1 aliphatic heterocycles. The smallest absolute Gasteiger partial charge is 0.144 e. The molecule has 0 aromatic heterocycles. The number of β-amino-alcohol motifs (C(OH)–C–C–N with tert-alkyl or cyclic N) is 1. The van der Waals surface area contributed by atoms with Crippen LogP contribution in [-0.2, 0) is 4.84 Å². The maximum absolute atomic E-state index is 10.1. The van der Waals surface area contributed by atoms with E-state index >= 15 is 0 Å². The van der Waals surface area contributed by atoms with E-state index in [9.17, 15) is 5.11 Å². The summed E-state index contributed by atoms with van der Waals surface area (Å²) in [5.74, 6) is 0.846. The molecule has 2 aromatic carbocycles. The van der Waals surface area contributed by atoms with E-state index in [1.807, 2.05) is 18.2 Å². The Morgan fingerprint density at radius 2 is 2.04 bits per heavy atom. The quantitative estimate of drug-likeness (QED) is 0.805. The first-order valence-electron chi connectivity index (χ1n) is 9.21. The van der Waals surface area contributed by atoms with Crippen molar-refractivity contribution in [3.05, 3.63) is 42.0 Å². The van der Waals surface area contributed by atoms with Crippen molar-refractivity contribution in [3.8, 4) is 5.75 Å². The molecular weight excluding hydrogens is 328 g/mol. The highest BCUT2D eigenvalue weighted by Crippen LogP contribution is 2.32. The van der Waals surface area contributed by atoms with Gasteiger partial charge in [0.15, 0.2) is 0 Å². The number of ether oxygens (including phenoxy) is 1. The number of hydrogen-bond acceptors (Lipinski definition) is 5. The minimum absolute atomic E-state index is 0.0383. The third-order valence-electron chi connectivity index (χ3n) is 4.30. The van der Waals surface area contributed by atoms with Crippen LogP contribution < -0.4 is 10.1 Å². The number of nitrogens with one attached hydrogen (secondary N) is 1. The third-order valence-corrected chi connectivity index (χ3v) is 4.30. The number of aliphatic hydroxyl groups excluding tert-OH is 1. The average molecular weight is 356 g/mol. The third kappa shape index (κ3) is 4.74. The molecule has 140 valence electrons. The summed E-state index contributed by atoms with van der Waals surface area (Å²) < 4.78 is 5.89. The van der Waals surface area contributed by atoms with Crippen molar-refractivity contribution in [1.29, 1.82) is 0 Å². The summed E-state index contributed by atoms with van der Waals surface area (Å²) in [4.78, 5) is 5.50. The van der Waals surface area contributed by atoms with Crippen molar-refractivity contribution in [2.24, 2.45) is 5.16 Å². The van der Waals surface area contributed by atoms with Gasteiger partial charge < -0.3 is 20.0 Å². The molecule has 0 saturated carbocycles. The highest BCUT2D eigenvalue weighted by molar-refractivity contribution is 6.13. The molecule has 1 aliphatic rings. The van der Waals surface area contributed by atoms with E-state index in [1.165, 1.54) is 0 Å². The predicted molar refractivity (Wildman–Crippen MR) is 105 cm³/mol. The van der Waals surface area contributed by atoms with Gasteiger partial charge in [-0.1, -0.05) is 35.5 Å². The Morgan fingerprint density at radius 3 is 2.85 bits per heavy atom. The molecule has 2 aromatic rings. The molecular formula is C21H28N2O3. The standard InChI is InChI=1S/C21H28N2O3/c1-21(2,3)22-13-16(24)14-26-23-18-9-6-12-25-19-11-10-15-7-4-5-8-17(15)20(18)19/h4-5,7-8,10-11,16,22,24H,6,9,12-14H2,1-3H3/b23-18+. The van der Waals surface area contributed by atoms with E-state index in [4.69, 9.17) is 9.57 Å². The Morgan fingerprint density at radius 1 is 1.23 bits per heavy atom. The van der Waals surface area contributed by atoms with E-state index in [-0.39, 0.29) is 12.1 Å². The molecule has 0 bridgehead atoms. The normalized spacial score (nSPS) is 17.5. The zero-order chi connectivity index (χ0) is 18.6. The van der Waals surface area contributed by atoms with Crippen LogP contribution in [0.5, 0.6) is 5.75 Å². The fourth-order valence-corrected chi connectivity index (χ4v) is 2.99. The fraction of sp³-hybridized carbons (Fsp3) is 0.476. The van der Waals surface area contributed by atoms with Crippen molar-refractivity contribution >= 4 is 16.5 Å². The highest BCUT2D eigenvalue weighted by atomic mass is 16.6. The molecule has 1 unspecified atom stereocenters. The zero-order valence-electron chi connectivity index (χ0n) is 15.8. The van der Waals surface area contributed by atoms with Gasteiger partial charge >= 0.3 is 0 Å². The molecule has 1 atom stereocenters. The Balaban J connectivity index is 1.76. The number of fused-ring (bicyclic) bond motifs is 3. The van der Waals surface area contributed by atoms with Crippen molar-refractivity contribution in [2.45, 2.75) is 45.3 Å². The molecule has 3 rings (SSSR count). The zero-order valence-corrected chi connectivity index (χ0v) is 15.8. The molecule has 0 spiro atoms. The van der Waals surface area contributed by atoms with Crippen molar-refractivity contribution < 1.29 is 14.7 Å². The van der Waals surface area contributed by atoms with Gasteiger partial charge in [-0.15, -0.1) is 0 Å². The van der Waals surface area contributed by atoms with Gasteiger partial charge in [-0.3, -0.25) is 0 Å². The molecule has 1 heterocycles. The first-order chi connectivity index (χ1) is 12.4. The van der Waals surface area contributed by atoms with Crippen LogP contribution in [0.15, 0.2) is 41.6 Å². The first kappa shape index (κ1) is 18.7. The van der Waals surface area contributed by atoms with E-state index in [2.05, 4.69) is 49.4 Å². The van der Waals surface area contributed by atoms with Crippen LogP contribution in [0.25, 0.3) is 10.8 Å². The Labute approximate surface area is 155 Å².